The lowest BCUT2D eigenvalue weighted by atomic mass is 9.90. The Hall–Kier alpha value is -0.640. The minimum atomic E-state index is -1.51. The van der Waals surface area contributed by atoms with E-state index in [1.54, 1.807) is 0 Å². The second-order valence-electron chi connectivity index (χ2n) is 3.09. The first-order chi connectivity index (χ1) is 4.88. The molecule has 0 bridgehead atoms. The van der Waals surface area contributed by atoms with Crippen molar-refractivity contribution < 1.29 is 14.3 Å². The van der Waals surface area contributed by atoms with Crippen molar-refractivity contribution in [1.82, 2.24) is 0 Å². The van der Waals surface area contributed by atoms with Crippen LogP contribution in [0.5, 0.6) is 0 Å². The Morgan fingerprint density at radius 3 is 2.27 bits per heavy atom. The molecule has 0 amide bonds. The summed E-state index contributed by atoms with van der Waals surface area (Å²) in [4.78, 5) is 10.2. The van der Waals surface area contributed by atoms with Gasteiger partial charge in [-0.25, -0.2) is 4.39 Å². The molecule has 66 valence electrons. The normalized spacial score (nSPS) is 14.5. The number of carboxylic acid groups (broad SMARTS) is 1. The third-order valence-corrected chi connectivity index (χ3v) is 1.68. The first kappa shape index (κ1) is 10.4. The van der Waals surface area contributed by atoms with Crippen LogP contribution in [0.15, 0.2) is 0 Å². The molecule has 0 saturated carbocycles. The minimum absolute atomic E-state index is 0.0653. The van der Waals surface area contributed by atoms with Gasteiger partial charge in [0.15, 0.2) is 0 Å². The predicted octanol–water partition coefficient (Wildman–Crippen LogP) is 0.784. The molecule has 11 heavy (non-hydrogen) atoms. The molecule has 3 nitrogen and oxygen atoms in total. The van der Waals surface area contributed by atoms with E-state index in [2.05, 4.69) is 0 Å². The molecule has 0 aromatic rings. The van der Waals surface area contributed by atoms with E-state index in [1.165, 1.54) is 13.8 Å². The maximum absolute atomic E-state index is 13.1. The van der Waals surface area contributed by atoms with Gasteiger partial charge < -0.3 is 10.8 Å². The van der Waals surface area contributed by atoms with Crippen molar-refractivity contribution in [2.75, 3.05) is 6.54 Å². The van der Waals surface area contributed by atoms with Gasteiger partial charge in [0.25, 0.3) is 0 Å². The highest BCUT2D eigenvalue weighted by Crippen LogP contribution is 2.23. The van der Waals surface area contributed by atoms with Crippen LogP contribution < -0.4 is 5.73 Å². The van der Waals surface area contributed by atoms with Gasteiger partial charge in [0.05, 0.1) is 6.42 Å². The molecule has 0 aromatic heterocycles. The Morgan fingerprint density at radius 2 is 2.18 bits per heavy atom. The first-order valence-corrected chi connectivity index (χ1v) is 3.48. The standard InChI is InChI=1S/C7H14FNO2/c1-7(2,8)5(4-9)3-6(10)11/h5H,3-4,9H2,1-2H3,(H,10,11). The fourth-order valence-electron chi connectivity index (χ4n) is 0.817. The van der Waals surface area contributed by atoms with Gasteiger partial charge in [0.1, 0.15) is 5.67 Å². The lowest BCUT2D eigenvalue weighted by molar-refractivity contribution is -0.139. The number of hydrogen-bond acceptors (Lipinski definition) is 2. The average Bonchev–Trinajstić information content (AvgIpc) is 1.79. The summed E-state index contributed by atoms with van der Waals surface area (Å²) in [6, 6.07) is 0. The van der Waals surface area contributed by atoms with E-state index < -0.39 is 17.6 Å². The number of carboxylic acids is 1. The zero-order valence-electron chi connectivity index (χ0n) is 6.80. The molecule has 0 aliphatic rings. The zero-order chi connectivity index (χ0) is 9.07. The van der Waals surface area contributed by atoms with Crippen LogP contribution in [0.25, 0.3) is 0 Å². The second-order valence-corrected chi connectivity index (χ2v) is 3.09. The summed E-state index contributed by atoms with van der Waals surface area (Å²) in [5, 5.41) is 8.36. The van der Waals surface area contributed by atoms with Crippen molar-refractivity contribution in [2.24, 2.45) is 11.7 Å². The molecule has 0 aliphatic heterocycles. The third-order valence-electron chi connectivity index (χ3n) is 1.68. The van der Waals surface area contributed by atoms with Crippen LogP contribution in [0.2, 0.25) is 0 Å². The van der Waals surface area contributed by atoms with Gasteiger partial charge in [-0.3, -0.25) is 4.79 Å². The number of carbonyl (C=O) groups is 1. The van der Waals surface area contributed by atoms with Gasteiger partial charge in [-0.05, 0) is 20.4 Å². The highest BCUT2D eigenvalue weighted by atomic mass is 19.1. The largest absolute Gasteiger partial charge is 0.481 e. The van der Waals surface area contributed by atoms with Gasteiger partial charge >= 0.3 is 5.97 Å². The third kappa shape index (κ3) is 3.93. The lowest BCUT2D eigenvalue weighted by Crippen LogP contribution is -2.34. The van der Waals surface area contributed by atoms with Gasteiger partial charge in [-0.1, -0.05) is 0 Å². The summed E-state index contributed by atoms with van der Waals surface area (Å²) in [7, 11) is 0. The summed E-state index contributed by atoms with van der Waals surface area (Å²) in [6.07, 6.45) is -0.208. The highest BCUT2D eigenvalue weighted by Gasteiger charge is 2.29. The lowest BCUT2D eigenvalue weighted by Gasteiger charge is -2.23. The number of alkyl halides is 1. The highest BCUT2D eigenvalue weighted by molar-refractivity contribution is 5.67. The van der Waals surface area contributed by atoms with E-state index >= 15 is 0 Å². The SMILES string of the molecule is CC(C)(F)C(CN)CC(=O)O. The Morgan fingerprint density at radius 1 is 1.73 bits per heavy atom. The molecule has 4 heteroatoms. The molecular weight excluding hydrogens is 149 g/mol. The van der Waals surface area contributed by atoms with Crippen molar-refractivity contribution >= 4 is 5.97 Å². The molecular formula is C7H14FNO2. The molecule has 0 spiro atoms. The molecule has 3 N–H and O–H groups in total. The van der Waals surface area contributed by atoms with Crippen LogP contribution in [0.3, 0.4) is 0 Å². The van der Waals surface area contributed by atoms with Gasteiger partial charge in [-0.15, -0.1) is 0 Å². The number of hydrogen-bond donors (Lipinski definition) is 2. The first-order valence-electron chi connectivity index (χ1n) is 3.48. The molecule has 0 radical (unpaired) electrons. The number of halogens is 1. The van der Waals surface area contributed by atoms with Gasteiger partial charge in [0, 0.05) is 5.92 Å². The Balaban J connectivity index is 4.07. The van der Waals surface area contributed by atoms with Crippen molar-refractivity contribution in [1.29, 1.82) is 0 Å². The smallest absolute Gasteiger partial charge is 0.303 e. The molecule has 0 rings (SSSR count). The number of nitrogens with two attached hydrogens (primary N) is 1. The maximum atomic E-state index is 13.1. The Labute approximate surface area is 65.4 Å². The molecule has 0 aromatic carbocycles. The van der Waals surface area contributed by atoms with Gasteiger partial charge in [-0.2, -0.15) is 0 Å². The summed E-state index contributed by atoms with van der Waals surface area (Å²) in [5.41, 5.74) is 3.70. The van der Waals surface area contributed by atoms with Crippen molar-refractivity contribution in [2.45, 2.75) is 25.9 Å². The minimum Gasteiger partial charge on any atom is -0.481 e. The van der Waals surface area contributed by atoms with Crippen molar-refractivity contribution in [3.05, 3.63) is 0 Å². The summed E-state index contributed by atoms with van der Waals surface area (Å²) < 4.78 is 13.1. The van der Waals surface area contributed by atoms with Crippen LogP contribution in [0, 0.1) is 5.92 Å². The molecule has 1 unspecified atom stereocenters. The van der Waals surface area contributed by atoms with E-state index in [4.69, 9.17) is 10.8 Å². The summed E-state index contributed by atoms with van der Waals surface area (Å²) >= 11 is 0. The van der Waals surface area contributed by atoms with Crippen LogP contribution in [-0.4, -0.2) is 23.3 Å². The van der Waals surface area contributed by atoms with Crippen molar-refractivity contribution in [3.8, 4) is 0 Å². The topological polar surface area (TPSA) is 63.3 Å². The fourth-order valence-corrected chi connectivity index (χ4v) is 0.817. The zero-order valence-corrected chi connectivity index (χ0v) is 6.80. The molecule has 0 fully saturated rings. The van der Waals surface area contributed by atoms with Crippen molar-refractivity contribution in [3.63, 3.8) is 0 Å². The van der Waals surface area contributed by atoms with E-state index in [1.807, 2.05) is 0 Å². The van der Waals surface area contributed by atoms with E-state index in [0.717, 1.165) is 0 Å². The van der Waals surface area contributed by atoms with Gasteiger partial charge in [0.2, 0.25) is 0 Å². The molecule has 1 atom stereocenters. The maximum Gasteiger partial charge on any atom is 0.303 e. The Kier molecular flexibility index (Phi) is 3.45. The molecule has 0 heterocycles. The van der Waals surface area contributed by atoms with Crippen LogP contribution in [0.1, 0.15) is 20.3 Å². The number of rotatable bonds is 4. The van der Waals surface area contributed by atoms with E-state index in [-0.39, 0.29) is 13.0 Å². The second kappa shape index (κ2) is 3.67. The monoisotopic (exact) mass is 163 g/mol. The van der Waals surface area contributed by atoms with Crippen LogP contribution >= 0.6 is 0 Å². The van der Waals surface area contributed by atoms with E-state index in [9.17, 15) is 9.18 Å². The van der Waals surface area contributed by atoms with Crippen LogP contribution in [0.4, 0.5) is 4.39 Å². The Bertz CT molecular complexity index is 142. The predicted molar refractivity (Wildman–Crippen MR) is 40.0 cm³/mol. The molecule has 0 aliphatic carbocycles. The molecule has 0 saturated heterocycles. The van der Waals surface area contributed by atoms with E-state index in [0.29, 0.717) is 0 Å². The number of aliphatic carboxylic acids is 1. The summed E-state index contributed by atoms with van der Waals surface area (Å²) in [5.74, 6) is -1.61. The fraction of sp³-hybridized carbons (Fsp3) is 0.857. The van der Waals surface area contributed by atoms with Crippen LogP contribution in [-0.2, 0) is 4.79 Å². The summed E-state index contributed by atoms with van der Waals surface area (Å²) in [6.45, 7) is 2.75. The average molecular weight is 163 g/mol. The quantitative estimate of drug-likeness (QED) is 0.643.